The minimum atomic E-state index is -0.366. The van der Waals surface area contributed by atoms with Crippen LogP contribution >= 0.6 is 11.3 Å². The minimum Gasteiger partial charge on any atom is -0.375 e. The van der Waals surface area contributed by atoms with Gasteiger partial charge in [-0.05, 0) is 12.8 Å². The fourth-order valence-electron chi connectivity index (χ4n) is 1.44. The Bertz CT molecular complexity index is 413. The first-order valence-electron chi connectivity index (χ1n) is 5.31. The Hall–Kier alpha value is -1.47. The summed E-state index contributed by atoms with van der Waals surface area (Å²) in [5, 5.41) is 5.81. The number of thiazole rings is 1. The fourth-order valence-corrected chi connectivity index (χ4v) is 2.00. The van der Waals surface area contributed by atoms with E-state index in [1.54, 1.807) is 5.38 Å². The van der Waals surface area contributed by atoms with Crippen LogP contribution in [-0.2, 0) is 14.4 Å². The van der Waals surface area contributed by atoms with Crippen LogP contribution in [0.25, 0.3) is 0 Å². The third kappa shape index (κ3) is 3.24. The molecule has 92 valence electrons. The van der Waals surface area contributed by atoms with Gasteiger partial charge in [-0.1, -0.05) is 5.16 Å². The van der Waals surface area contributed by atoms with Crippen molar-refractivity contribution in [1.29, 1.82) is 0 Å². The molecule has 0 amide bonds. The van der Waals surface area contributed by atoms with Gasteiger partial charge >= 0.3 is 0 Å². The lowest BCUT2D eigenvalue weighted by Gasteiger charge is -2.20. The molecule has 2 rings (SSSR count). The zero-order valence-corrected chi connectivity index (χ0v) is 9.98. The number of aromatic nitrogens is 1. The normalized spacial score (nSPS) is 21.2. The average molecular weight is 255 g/mol. The monoisotopic (exact) mass is 255 g/mol. The Balaban J connectivity index is 1.99. The molecule has 1 aromatic heterocycles. The molecule has 1 atom stereocenters. The molecule has 0 bridgehead atoms. The van der Waals surface area contributed by atoms with Crippen molar-refractivity contribution >= 4 is 28.5 Å². The molecule has 1 saturated heterocycles. The van der Waals surface area contributed by atoms with Crippen molar-refractivity contribution in [3.63, 3.8) is 0 Å². The molecule has 1 aliphatic rings. The minimum absolute atomic E-state index is 0.132. The number of nitrogen functional groups attached to an aromatic ring is 1. The Labute approximate surface area is 102 Å². The number of oxime groups is 1. The van der Waals surface area contributed by atoms with Gasteiger partial charge in [0.2, 0.25) is 6.29 Å². The molecule has 17 heavy (non-hydrogen) atoms. The van der Waals surface area contributed by atoms with E-state index in [0.717, 1.165) is 19.3 Å². The van der Waals surface area contributed by atoms with E-state index in [1.165, 1.54) is 11.3 Å². The summed E-state index contributed by atoms with van der Waals surface area (Å²) in [6.45, 7) is 0.667. The van der Waals surface area contributed by atoms with Crippen LogP contribution in [0.4, 0.5) is 5.13 Å². The number of nitrogens with two attached hydrogens (primary N) is 1. The van der Waals surface area contributed by atoms with Crippen LogP contribution in [0.15, 0.2) is 10.5 Å². The van der Waals surface area contributed by atoms with Gasteiger partial charge in [-0.2, -0.15) is 0 Å². The summed E-state index contributed by atoms with van der Waals surface area (Å²) in [5.41, 5.74) is 6.04. The van der Waals surface area contributed by atoms with Crippen LogP contribution in [0.2, 0.25) is 0 Å². The zero-order valence-electron chi connectivity index (χ0n) is 9.17. The number of rotatable bonds is 4. The third-order valence-corrected chi connectivity index (χ3v) is 2.98. The Morgan fingerprint density at radius 3 is 3.18 bits per heavy atom. The molecular formula is C10H13N3O3S. The van der Waals surface area contributed by atoms with Gasteiger partial charge in [-0.15, -0.1) is 11.3 Å². The van der Waals surface area contributed by atoms with Crippen molar-refractivity contribution in [1.82, 2.24) is 4.98 Å². The highest BCUT2D eigenvalue weighted by Gasteiger charge is 2.15. The lowest BCUT2D eigenvalue weighted by atomic mass is 10.2. The van der Waals surface area contributed by atoms with Crippen LogP contribution in [0, 0.1) is 0 Å². The number of hydrogen-bond donors (Lipinski definition) is 1. The summed E-state index contributed by atoms with van der Waals surface area (Å²) in [5.74, 6) is 0. The van der Waals surface area contributed by atoms with E-state index in [0.29, 0.717) is 23.7 Å². The van der Waals surface area contributed by atoms with E-state index in [4.69, 9.17) is 15.3 Å². The van der Waals surface area contributed by atoms with Crippen molar-refractivity contribution in [2.24, 2.45) is 5.16 Å². The van der Waals surface area contributed by atoms with Crippen molar-refractivity contribution in [2.75, 3.05) is 12.3 Å². The summed E-state index contributed by atoms with van der Waals surface area (Å²) in [4.78, 5) is 20.0. The molecular weight excluding hydrogens is 242 g/mol. The molecule has 1 fully saturated rings. The van der Waals surface area contributed by atoms with Gasteiger partial charge in [0.05, 0.1) is 6.61 Å². The van der Waals surface area contributed by atoms with Gasteiger partial charge in [0, 0.05) is 11.8 Å². The highest BCUT2D eigenvalue weighted by Crippen LogP contribution is 2.15. The summed E-state index contributed by atoms with van der Waals surface area (Å²) in [6.07, 6.45) is 3.09. The maximum absolute atomic E-state index is 10.9. The third-order valence-electron chi connectivity index (χ3n) is 2.30. The highest BCUT2D eigenvalue weighted by molar-refractivity contribution is 7.13. The van der Waals surface area contributed by atoms with E-state index < -0.39 is 0 Å². The quantitative estimate of drug-likeness (QED) is 0.496. The largest absolute Gasteiger partial charge is 0.375 e. The summed E-state index contributed by atoms with van der Waals surface area (Å²) in [7, 11) is 0. The van der Waals surface area contributed by atoms with Gasteiger partial charge in [-0.25, -0.2) is 4.98 Å². The SMILES string of the molecule is Nc1nc(C(C=O)=NOC2CCCCO2)cs1. The van der Waals surface area contributed by atoms with Gasteiger partial charge in [0.15, 0.2) is 17.1 Å². The van der Waals surface area contributed by atoms with Crippen LogP contribution in [-0.4, -0.2) is 29.9 Å². The lowest BCUT2D eigenvalue weighted by Crippen LogP contribution is -2.21. The second-order valence-corrected chi connectivity index (χ2v) is 4.46. The van der Waals surface area contributed by atoms with E-state index >= 15 is 0 Å². The van der Waals surface area contributed by atoms with Crippen molar-refractivity contribution in [3.05, 3.63) is 11.1 Å². The molecule has 6 nitrogen and oxygen atoms in total. The number of carbonyl (C=O) groups is 1. The molecule has 0 radical (unpaired) electrons. The first-order chi connectivity index (χ1) is 8.29. The smallest absolute Gasteiger partial charge is 0.226 e. The number of anilines is 1. The molecule has 2 heterocycles. The van der Waals surface area contributed by atoms with Crippen LogP contribution in [0.5, 0.6) is 0 Å². The molecule has 1 aromatic rings. The second-order valence-electron chi connectivity index (χ2n) is 3.57. The molecule has 1 aliphatic heterocycles. The molecule has 0 spiro atoms. The predicted molar refractivity (Wildman–Crippen MR) is 63.8 cm³/mol. The molecule has 1 unspecified atom stereocenters. The maximum atomic E-state index is 10.9. The van der Waals surface area contributed by atoms with Gasteiger partial charge < -0.3 is 15.3 Å². The first kappa shape index (κ1) is 12.0. The summed E-state index contributed by atoms with van der Waals surface area (Å²) >= 11 is 1.25. The standard InChI is InChI=1S/C10H13N3O3S/c11-10-12-8(6-17-10)7(5-14)13-16-9-3-1-2-4-15-9/h5-6,9H,1-4H2,(H2,11,12). The molecule has 7 heteroatoms. The molecule has 0 aromatic carbocycles. The lowest BCUT2D eigenvalue weighted by molar-refractivity contribution is -0.162. The highest BCUT2D eigenvalue weighted by atomic mass is 32.1. The van der Waals surface area contributed by atoms with Crippen molar-refractivity contribution in [2.45, 2.75) is 25.6 Å². The fraction of sp³-hybridized carbons (Fsp3) is 0.500. The number of ether oxygens (including phenoxy) is 1. The van der Waals surface area contributed by atoms with Crippen LogP contribution < -0.4 is 5.73 Å². The number of hydrogen-bond acceptors (Lipinski definition) is 7. The zero-order chi connectivity index (χ0) is 12.1. The summed E-state index contributed by atoms with van der Waals surface area (Å²) in [6, 6.07) is 0. The van der Waals surface area contributed by atoms with E-state index in [9.17, 15) is 4.79 Å². The van der Waals surface area contributed by atoms with Gasteiger partial charge in [-0.3, -0.25) is 4.79 Å². The second kappa shape index (κ2) is 5.74. The van der Waals surface area contributed by atoms with Gasteiger partial charge in [0.1, 0.15) is 5.69 Å². The maximum Gasteiger partial charge on any atom is 0.226 e. The Kier molecular flexibility index (Phi) is 4.05. The number of carbonyl (C=O) groups excluding carboxylic acids is 1. The number of nitrogens with zero attached hydrogens (tertiary/aromatic N) is 2. The molecule has 2 N–H and O–H groups in total. The van der Waals surface area contributed by atoms with Crippen LogP contribution in [0.1, 0.15) is 25.0 Å². The van der Waals surface area contributed by atoms with Crippen molar-refractivity contribution < 1.29 is 14.4 Å². The summed E-state index contributed by atoms with van der Waals surface area (Å²) < 4.78 is 5.33. The van der Waals surface area contributed by atoms with Crippen LogP contribution in [0.3, 0.4) is 0 Å². The van der Waals surface area contributed by atoms with Crippen molar-refractivity contribution in [3.8, 4) is 0 Å². The molecule has 0 saturated carbocycles. The van der Waals surface area contributed by atoms with Gasteiger partial charge in [0.25, 0.3) is 0 Å². The Morgan fingerprint density at radius 1 is 1.71 bits per heavy atom. The van der Waals surface area contributed by atoms with E-state index in [2.05, 4.69) is 10.1 Å². The predicted octanol–water partition coefficient (Wildman–Crippen LogP) is 1.17. The van der Waals surface area contributed by atoms with E-state index in [1.807, 2.05) is 0 Å². The average Bonchev–Trinajstić information content (AvgIpc) is 2.78. The number of aldehydes is 1. The topological polar surface area (TPSA) is 86.8 Å². The Morgan fingerprint density at radius 2 is 2.59 bits per heavy atom. The van der Waals surface area contributed by atoms with E-state index in [-0.39, 0.29) is 12.0 Å². The molecule has 0 aliphatic carbocycles. The first-order valence-corrected chi connectivity index (χ1v) is 6.19.